The van der Waals surface area contributed by atoms with Gasteiger partial charge in [-0.2, -0.15) is 0 Å². The summed E-state index contributed by atoms with van der Waals surface area (Å²) in [5, 5.41) is 23.7. The van der Waals surface area contributed by atoms with Crippen LogP contribution in [0.25, 0.3) is 22.4 Å². The molecule has 0 unspecified atom stereocenters. The second kappa shape index (κ2) is 12.6. The largest absolute Gasteiger partial charge is 0.507 e. The van der Waals surface area contributed by atoms with Gasteiger partial charge in [-0.15, -0.1) is 0 Å². The Balaban J connectivity index is 1.19. The van der Waals surface area contributed by atoms with Crippen LogP contribution in [-0.4, -0.2) is 34.6 Å². The summed E-state index contributed by atoms with van der Waals surface area (Å²) in [6.07, 6.45) is 5.69. The molecule has 1 N–H and O–H groups in total. The molecule has 2 fully saturated rings. The number of phenols is 1. The lowest BCUT2D eigenvalue weighted by molar-refractivity contribution is -0.384. The van der Waals surface area contributed by atoms with Crippen molar-refractivity contribution in [2.75, 3.05) is 11.5 Å². The van der Waals surface area contributed by atoms with E-state index in [1.54, 1.807) is 12.1 Å². The van der Waals surface area contributed by atoms with Gasteiger partial charge >= 0.3 is 0 Å². The molecular weight excluding hydrogens is 592 g/mol. The number of rotatable bonds is 9. The van der Waals surface area contributed by atoms with E-state index < -0.39 is 16.8 Å². The molecule has 8 heteroatoms. The fourth-order valence-corrected chi connectivity index (χ4v) is 7.87. The molecule has 0 spiro atoms. The molecule has 0 aromatic heterocycles. The molecule has 2 saturated heterocycles. The van der Waals surface area contributed by atoms with Gasteiger partial charge in [-0.1, -0.05) is 91.7 Å². The molecule has 8 nitrogen and oxygen atoms in total. The van der Waals surface area contributed by atoms with Crippen molar-refractivity contribution in [3.63, 3.8) is 0 Å². The Bertz CT molecular complexity index is 1950. The van der Waals surface area contributed by atoms with E-state index in [1.807, 2.05) is 48.5 Å². The quantitative estimate of drug-likeness (QED) is 0.0660. The van der Waals surface area contributed by atoms with E-state index >= 15 is 0 Å². The minimum absolute atomic E-state index is 0.157. The highest BCUT2D eigenvalue weighted by Gasteiger charge is 2.57. The van der Waals surface area contributed by atoms with Crippen LogP contribution in [0.15, 0.2) is 102 Å². The number of anilines is 1. The van der Waals surface area contributed by atoms with E-state index in [0.29, 0.717) is 19.4 Å². The first-order chi connectivity index (χ1) is 22.9. The van der Waals surface area contributed by atoms with E-state index in [-0.39, 0.29) is 41.0 Å². The summed E-state index contributed by atoms with van der Waals surface area (Å²) in [5.74, 6) is -1.58. The minimum atomic E-state index is -0.546. The van der Waals surface area contributed by atoms with E-state index in [0.717, 1.165) is 52.3 Å². The van der Waals surface area contributed by atoms with Crippen molar-refractivity contribution < 1.29 is 24.4 Å². The van der Waals surface area contributed by atoms with Gasteiger partial charge in [0, 0.05) is 23.4 Å². The highest BCUT2D eigenvalue weighted by Crippen LogP contribution is 2.51. The highest BCUT2D eigenvalue weighted by molar-refractivity contribution is 6.22. The van der Waals surface area contributed by atoms with Crippen LogP contribution in [0.3, 0.4) is 0 Å². The van der Waals surface area contributed by atoms with Crippen LogP contribution in [0.1, 0.15) is 50.2 Å². The highest BCUT2D eigenvalue weighted by atomic mass is 16.6. The van der Waals surface area contributed by atoms with E-state index in [2.05, 4.69) is 25.1 Å². The number of phenolic OH excluding ortho intramolecular Hbond substituents is 1. The molecule has 1 aliphatic carbocycles. The summed E-state index contributed by atoms with van der Waals surface area (Å²) in [7, 11) is 0. The Morgan fingerprint density at radius 2 is 1.72 bits per heavy atom. The number of hydrogen-bond acceptors (Lipinski definition) is 6. The average molecular weight is 629 g/mol. The average Bonchev–Trinajstić information content (AvgIpc) is 3.62. The molecule has 7 rings (SSSR count). The van der Waals surface area contributed by atoms with Gasteiger partial charge in [0.25, 0.3) is 5.69 Å². The monoisotopic (exact) mass is 628 g/mol. The molecular formula is C39H36N2O6. The number of hydrogen-bond donors (Lipinski definition) is 1. The minimum Gasteiger partial charge on any atom is -0.507 e. The first-order valence-electron chi connectivity index (χ1n) is 16.3. The third kappa shape index (κ3) is 5.52. The van der Waals surface area contributed by atoms with Gasteiger partial charge in [0.1, 0.15) is 5.75 Å². The molecule has 0 bridgehead atoms. The van der Waals surface area contributed by atoms with Gasteiger partial charge in [0.2, 0.25) is 11.8 Å². The predicted octanol–water partition coefficient (Wildman–Crippen LogP) is 8.10. The van der Waals surface area contributed by atoms with Crippen molar-refractivity contribution in [3.05, 3.63) is 123 Å². The van der Waals surface area contributed by atoms with Gasteiger partial charge in [0.05, 0.1) is 35.2 Å². The predicted molar refractivity (Wildman–Crippen MR) is 182 cm³/mol. The molecule has 47 heavy (non-hydrogen) atoms. The Labute approximate surface area is 273 Å². The molecule has 4 aromatic carbocycles. The van der Waals surface area contributed by atoms with Crippen LogP contribution in [0, 0.1) is 27.9 Å². The maximum atomic E-state index is 14.0. The molecule has 4 aromatic rings. The van der Waals surface area contributed by atoms with Crippen LogP contribution >= 0.6 is 0 Å². The van der Waals surface area contributed by atoms with Crippen LogP contribution in [0.5, 0.6) is 5.75 Å². The molecule has 238 valence electrons. The summed E-state index contributed by atoms with van der Waals surface area (Å²) in [4.78, 5) is 39.8. The first kappa shape index (κ1) is 30.6. The number of fused-ring (bicyclic) bond motifs is 4. The van der Waals surface area contributed by atoms with Crippen molar-refractivity contribution in [1.82, 2.24) is 0 Å². The Hall–Kier alpha value is -5.08. The number of carbonyl (C=O) groups is 2. The zero-order valence-electron chi connectivity index (χ0n) is 26.2. The fraction of sp³-hybridized carbons (Fsp3) is 0.282. The number of carbonyl (C=O) groups excluding carboxylic acids is 2. The number of non-ortho nitro benzene ring substituents is 1. The standard InChI is InChI=1S/C39H36N2O6/c1-2-9-27-21-32-37(39(44)40(38(32)43)28-12-8-13-29(22-28)41(45)46)33-23-47-35(36(27)33)19-17-25(24-10-4-3-5-11-24)20-26-16-18-34(42)31-15-7-6-14-30(26)31/h3-8,10-16,18,20,22,32-33,35,37,42H,2,9,17,19,21,23H2,1H3/b25-20-/t32-,33+,35-,37-/m1/s1. The summed E-state index contributed by atoms with van der Waals surface area (Å²) in [6.45, 7) is 2.48. The number of benzene rings is 4. The molecule has 3 aliphatic rings. The molecule has 4 atom stereocenters. The molecule has 0 saturated carbocycles. The summed E-state index contributed by atoms with van der Waals surface area (Å²) in [5.41, 5.74) is 5.73. The topological polar surface area (TPSA) is 110 Å². The third-order valence-electron chi connectivity index (χ3n) is 9.94. The lowest BCUT2D eigenvalue weighted by Crippen LogP contribution is -2.34. The van der Waals surface area contributed by atoms with Gasteiger partial charge < -0.3 is 9.84 Å². The molecule has 2 amide bonds. The first-order valence-corrected chi connectivity index (χ1v) is 16.3. The number of nitro benzene ring substituents is 1. The van der Waals surface area contributed by atoms with Gasteiger partial charge in [-0.05, 0) is 65.5 Å². The normalized spacial score (nSPS) is 22.6. The SMILES string of the molecule is CCCC1=C2[C@@H](CC/C(=C/c3ccc(O)c4ccccc34)c3ccccc3)OC[C@@H]2[C@@H]2C(=O)N(c3cccc([N+](=O)[O-])c3)C(=O)[C@@H]2C1. The van der Waals surface area contributed by atoms with Crippen LogP contribution in [0.2, 0.25) is 0 Å². The molecule has 2 heterocycles. The number of nitro groups is 1. The number of imide groups is 1. The zero-order valence-corrected chi connectivity index (χ0v) is 26.2. The Kier molecular flexibility index (Phi) is 8.20. The van der Waals surface area contributed by atoms with Gasteiger partial charge in [-0.3, -0.25) is 19.7 Å². The Morgan fingerprint density at radius 3 is 2.49 bits per heavy atom. The summed E-state index contributed by atoms with van der Waals surface area (Å²) < 4.78 is 6.49. The lowest BCUT2D eigenvalue weighted by atomic mass is 9.68. The maximum absolute atomic E-state index is 14.0. The zero-order chi connectivity index (χ0) is 32.7. The smallest absolute Gasteiger partial charge is 0.271 e. The number of ether oxygens (including phenoxy) is 1. The fourth-order valence-electron chi connectivity index (χ4n) is 7.87. The Morgan fingerprint density at radius 1 is 0.957 bits per heavy atom. The second-order valence-electron chi connectivity index (χ2n) is 12.7. The lowest BCUT2D eigenvalue weighted by Gasteiger charge is -2.32. The van der Waals surface area contributed by atoms with Crippen molar-refractivity contribution >= 4 is 45.6 Å². The van der Waals surface area contributed by atoms with Crippen molar-refractivity contribution in [1.29, 1.82) is 0 Å². The molecule has 0 radical (unpaired) electrons. The molecule has 2 aliphatic heterocycles. The second-order valence-corrected chi connectivity index (χ2v) is 12.7. The van der Waals surface area contributed by atoms with Gasteiger partial charge in [0.15, 0.2) is 0 Å². The van der Waals surface area contributed by atoms with Crippen molar-refractivity contribution in [2.45, 2.75) is 45.1 Å². The van der Waals surface area contributed by atoms with E-state index in [1.165, 1.54) is 28.7 Å². The number of aromatic hydroxyl groups is 1. The van der Waals surface area contributed by atoms with Crippen LogP contribution < -0.4 is 4.90 Å². The van der Waals surface area contributed by atoms with Crippen molar-refractivity contribution in [2.24, 2.45) is 17.8 Å². The van der Waals surface area contributed by atoms with Crippen LogP contribution in [0.4, 0.5) is 11.4 Å². The van der Waals surface area contributed by atoms with E-state index in [4.69, 9.17) is 4.74 Å². The van der Waals surface area contributed by atoms with Crippen molar-refractivity contribution in [3.8, 4) is 5.75 Å². The summed E-state index contributed by atoms with van der Waals surface area (Å²) >= 11 is 0. The third-order valence-corrected chi connectivity index (χ3v) is 9.94. The van der Waals surface area contributed by atoms with Gasteiger partial charge in [-0.25, -0.2) is 4.90 Å². The van der Waals surface area contributed by atoms with Crippen LogP contribution in [-0.2, 0) is 14.3 Å². The summed E-state index contributed by atoms with van der Waals surface area (Å²) in [6, 6.07) is 27.5. The number of amides is 2. The number of allylic oxidation sites excluding steroid dienone is 2. The van der Waals surface area contributed by atoms with E-state index in [9.17, 15) is 24.8 Å². The number of nitrogens with zero attached hydrogens (tertiary/aromatic N) is 2. The maximum Gasteiger partial charge on any atom is 0.271 e.